The molecule has 0 atom stereocenters. The van der Waals surface area contributed by atoms with E-state index in [4.69, 9.17) is 11.6 Å². The molecule has 1 amide bonds. The van der Waals surface area contributed by atoms with Gasteiger partial charge in [0.15, 0.2) is 0 Å². The van der Waals surface area contributed by atoms with E-state index in [0.717, 1.165) is 6.07 Å². The van der Waals surface area contributed by atoms with Crippen molar-refractivity contribution >= 4 is 18.0 Å². The average molecular weight is 252 g/mol. The number of carbonyl (C=O) groups excluding carboxylic acids is 1. The molecule has 0 radical (unpaired) electrons. The first kappa shape index (κ1) is 12.8. The fraction of sp³-hybridized carbons (Fsp3) is 0.300. The van der Waals surface area contributed by atoms with Crippen LogP contribution in [0.5, 0.6) is 0 Å². The standard InChI is InChI=1S/C10H9ClF3NO/c11-9-5-7(3-4-15-6-16)1-2-8(9)10(12,13)14/h1-2,5-6H,3-4H2,(H,15,16). The number of amides is 1. The van der Waals surface area contributed by atoms with Gasteiger partial charge in [0.1, 0.15) is 0 Å². The van der Waals surface area contributed by atoms with Gasteiger partial charge in [-0.25, -0.2) is 0 Å². The minimum atomic E-state index is -4.43. The Morgan fingerprint density at radius 3 is 2.56 bits per heavy atom. The first-order valence-electron chi connectivity index (χ1n) is 4.48. The summed E-state index contributed by atoms with van der Waals surface area (Å²) < 4.78 is 37.0. The highest BCUT2D eigenvalue weighted by atomic mass is 35.5. The number of alkyl halides is 3. The van der Waals surface area contributed by atoms with Gasteiger partial charge in [-0.05, 0) is 24.1 Å². The minimum absolute atomic E-state index is 0.323. The van der Waals surface area contributed by atoms with Gasteiger partial charge in [0.25, 0.3) is 0 Å². The fourth-order valence-corrected chi connectivity index (χ4v) is 1.53. The molecule has 1 aromatic carbocycles. The summed E-state index contributed by atoms with van der Waals surface area (Å²) in [7, 11) is 0. The third-order valence-corrected chi connectivity index (χ3v) is 2.29. The molecule has 1 N–H and O–H groups in total. The lowest BCUT2D eigenvalue weighted by atomic mass is 10.1. The number of hydrogen-bond acceptors (Lipinski definition) is 1. The minimum Gasteiger partial charge on any atom is -0.358 e. The van der Waals surface area contributed by atoms with Crippen LogP contribution in [0.25, 0.3) is 0 Å². The van der Waals surface area contributed by atoms with Gasteiger partial charge in [-0.3, -0.25) is 4.79 Å². The summed E-state index contributed by atoms with van der Waals surface area (Å²) in [5.41, 5.74) is -0.200. The van der Waals surface area contributed by atoms with Gasteiger partial charge in [0, 0.05) is 6.54 Å². The molecular weight excluding hydrogens is 243 g/mol. The summed E-state index contributed by atoms with van der Waals surface area (Å²) in [6.45, 7) is 0.366. The zero-order valence-corrected chi connectivity index (χ0v) is 8.90. The van der Waals surface area contributed by atoms with Crippen molar-refractivity contribution in [2.45, 2.75) is 12.6 Å². The fourth-order valence-electron chi connectivity index (χ4n) is 1.22. The number of benzene rings is 1. The SMILES string of the molecule is O=CNCCc1ccc(C(F)(F)F)c(Cl)c1. The van der Waals surface area contributed by atoms with E-state index in [1.165, 1.54) is 12.1 Å². The molecule has 0 aliphatic carbocycles. The first-order valence-corrected chi connectivity index (χ1v) is 4.85. The van der Waals surface area contributed by atoms with Crippen molar-refractivity contribution in [2.75, 3.05) is 6.54 Å². The van der Waals surface area contributed by atoms with Crippen LogP contribution in [0.4, 0.5) is 13.2 Å². The maximum absolute atomic E-state index is 12.3. The Hall–Kier alpha value is -1.23. The molecular formula is C10H9ClF3NO. The Kier molecular flexibility index (Phi) is 4.18. The highest BCUT2D eigenvalue weighted by Crippen LogP contribution is 2.34. The molecule has 0 heterocycles. The van der Waals surface area contributed by atoms with Gasteiger partial charge in [-0.2, -0.15) is 13.2 Å². The molecule has 0 fully saturated rings. The van der Waals surface area contributed by atoms with Crippen LogP contribution in [-0.2, 0) is 17.4 Å². The molecule has 88 valence electrons. The van der Waals surface area contributed by atoms with Crippen LogP contribution >= 0.6 is 11.6 Å². The number of rotatable bonds is 4. The van der Waals surface area contributed by atoms with Gasteiger partial charge in [0.2, 0.25) is 6.41 Å². The van der Waals surface area contributed by atoms with Crippen LogP contribution in [0.1, 0.15) is 11.1 Å². The lowest BCUT2D eigenvalue weighted by Crippen LogP contribution is -2.14. The Labute approximate surface area is 95.4 Å². The van der Waals surface area contributed by atoms with Crippen molar-refractivity contribution < 1.29 is 18.0 Å². The molecule has 0 saturated heterocycles. The van der Waals surface area contributed by atoms with Gasteiger partial charge in [0.05, 0.1) is 10.6 Å². The maximum Gasteiger partial charge on any atom is 0.417 e. The van der Waals surface area contributed by atoms with E-state index in [1.807, 2.05) is 0 Å². The zero-order chi connectivity index (χ0) is 12.2. The van der Waals surface area contributed by atoms with Crippen molar-refractivity contribution in [3.05, 3.63) is 34.3 Å². The Balaban J connectivity index is 2.79. The van der Waals surface area contributed by atoms with Gasteiger partial charge >= 0.3 is 6.18 Å². The number of nitrogens with one attached hydrogen (secondary N) is 1. The number of hydrogen-bond donors (Lipinski definition) is 1. The Morgan fingerprint density at radius 1 is 1.38 bits per heavy atom. The van der Waals surface area contributed by atoms with E-state index in [2.05, 4.69) is 5.32 Å². The predicted octanol–water partition coefficient (Wildman–Crippen LogP) is 2.65. The van der Waals surface area contributed by atoms with Crippen LogP contribution < -0.4 is 5.32 Å². The Bertz CT molecular complexity index is 379. The van der Waals surface area contributed by atoms with Crippen molar-refractivity contribution in [1.82, 2.24) is 5.32 Å². The van der Waals surface area contributed by atoms with Crippen molar-refractivity contribution in [3.63, 3.8) is 0 Å². The summed E-state index contributed by atoms with van der Waals surface area (Å²) in [4.78, 5) is 9.96. The molecule has 0 unspecified atom stereocenters. The molecule has 0 spiro atoms. The van der Waals surface area contributed by atoms with E-state index in [-0.39, 0.29) is 5.02 Å². The molecule has 0 saturated carbocycles. The van der Waals surface area contributed by atoms with E-state index >= 15 is 0 Å². The molecule has 6 heteroatoms. The summed E-state index contributed by atoms with van der Waals surface area (Å²) >= 11 is 5.52. The van der Waals surface area contributed by atoms with E-state index in [9.17, 15) is 18.0 Å². The largest absolute Gasteiger partial charge is 0.417 e. The second-order valence-corrected chi connectivity index (χ2v) is 3.54. The number of carbonyl (C=O) groups is 1. The predicted molar refractivity (Wildman–Crippen MR) is 54.2 cm³/mol. The summed E-state index contributed by atoms with van der Waals surface area (Å²) in [5, 5.41) is 2.09. The molecule has 1 rings (SSSR count). The van der Waals surface area contributed by atoms with E-state index in [1.54, 1.807) is 0 Å². The van der Waals surface area contributed by atoms with Crippen LogP contribution in [0.2, 0.25) is 5.02 Å². The monoisotopic (exact) mass is 251 g/mol. The molecule has 0 aromatic heterocycles. The molecule has 16 heavy (non-hydrogen) atoms. The topological polar surface area (TPSA) is 29.1 Å². The normalized spacial score (nSPS) is 11.2. The Morgan fingerprint density at radius 2 is 2.06 bits per heavy atom. The van der Waals surface area contributed by atoms with Crippen LogP contribution in [0.3, 0.4) is 0 Å². The highest BCUT2D eigenvalue weighted by Gasteiger charge is 2.32. The molecule has 1 aromatic rings. The van der Waals surface area contributed by atoms with Crippen LogP contribution in [0, 0.1) is 0 Å². The van der Waals surface area contributed by atoms with E-state index in [0.29, 0.717) is 24.9 Å². The molecule has 0 aliphatic rings. The van der Waals surface area contributed by atoms with Crippen molar-refractivity contribution in [3.8, 4) is 0 Å². The van der Waals surface area contributed by atoms with Gasteiger partial charge in [-0.15, -0.1) is 0 Å². The first-order chi connectivity index (χ1) is 7.45. The van der Waals surface area contributed by atoms with Crippen LogP contribution in [-0.4, -0.2) is 13.0 Å². The second kappa shape index (κ2) is 5.21. The van der Waals surface area contributed by atoms with Crippen LogP contribution in [0.15, 0.2) is 18.2 Å². The van der Waals surface area contributed by atoms with Crippen molar-refractivity contribution in [1.29, 1.82) is 0 Å². The molecule has 2 nitrogen and oxygen atoms in total. The van der Waals surface area contributed by atoms with Gasteiger partial charge in [-0.1, -0.05) is 17.7 Å². The summed E-state index contributed by atoms with van der Waals surface area (Å²) in [6, 6.07) is 3.55. The quantitative estimate of drug-likeness (QED) is 0.647. The second-order valence-electron chi connectivity index (χ2n) is 3.13. The zero-order valence-electron chi connectivity index (χ0n) is 8.14. The number of halogens is 4. The molecule has 0 aliphatic heterocycles. The van der Waals surface area contributed by atoms with E-state index < -0.39 is 11.7 Å². The third-order valence-electron chi connectivity index (χ3n) is 1.98. The summed E-state index contributed by atoms with van der Waals surface area (Å²) in [6.07, 6.45) is -3.46. The van der Waals surface area contributed by atoms with Crippen molar-refractivity contribution in [2.24, 2.45) is 0 Å². The smallest absolute Gasteiger partial charge is 0.358 e. The third kappa shape index (κ3) is 3.41. The van der Waals surface area contributed by atoms with Gasteiger partial charge < -0.3 is 5.32 Å². The maximum atomic E-state index is 12.3. The summed E-state index contributed by atoms with van der Waals surface area (Å²) in [5.74, 6) is 0. The lowest BCUT2D eigenvalue weighted by molar-refractivity contribution is -0.137. The highest BCUT2D eigenvalue weighted by molar-refractivity contribution is 6.31. The lowest BCUT2D eigenvalue weighted by Gasteiger charge is -2.10. The molecule has 0 bridgehead atoms. The average Bonchev–Trinajstić information content (AvgIpc) is 2.16.